The highest BCUT2D eigenvalue weighted by Gasteiger charge is 2.55. The molecule has 1 aliphatic rings. The fraction of sp³-hybridized carbons (Fsp3) is 0.118. The zero-order valence-corrected chi connectivity index (χ0v) is 24.0. The average Bonchev–Trinajstić information content (AvgIpc) is 3.11. The van der Waals surface area contributed by atoms with Crippen LogP contribution in [0.2, 0.25) is 0 Å². The molecule has 0 bridgehead atoms. The first-order chi connectivity index (χ1) is 22.4. The van der Waals surface area contributed by atoms with Crippen molar-refractivity contribution in [2.75, 3.05) is 0 Å². The van der Waals surface area contributed by atoms with Crippen LogP contribution in [0.15, 0.2) is 121 Å². The van der Waals surface area contributed by atoms with Crippen LogP contribution in [0.5, 0.6) is 0 Å². The van der Waals surface area contributed by atoms with Gasteiger partial charge in [-0.25, -0.2) is 19.2 Å². The maximum atomic E-state index is 13.3. The van der Waals surface area contributed by atoms with Gasteiger partial charge in [0.25, 0.3) is 0 Å². The standard InChI is InChI=1S/C34H26N2O10/c37-21-35-27(43-31(39)23-13-5-1-6-14-23)28(44-32(40)24-15-7-2-8-16-24)36(22-38)30(46-34(42)26-19-11-4-12-20-26)29(35)45-33(41)25-17-9-3-10-18-25/h1-22,27-30H/t27-,28+,29-,30+. The molecule has 4 atom stereocenters. The molecule has 5 rings (SSSR count). The first kappa shape index (κ1) is 31.1. The maximum Gasteiger partial charge on any atom is 0.340 e. The van der Waals surface area contributed by atoms with Gasteiger partial charge in [0.05, 0.1) is 22.3 Å². The number of nitrogens with zero attached hydrogens (tertiary/aromatic N) is 2. The second-order valence-electron chi connectivity index (χ2n) is 9.75. The fourth-order valence-electron chi connectivity index (χ4n) is 4.60. The summed E-state index contributed by atoms with van der Waals surface area (Å²) in [5, 5.41) is 0. The number of hydrogen-bond donors (Lipinski definition) is 0. The summed E-state index contributed by atoms with van der Waals surface area (Å²) < 4.78 is 22.7. The number of rotatable bonds is 10. The van der Waals surface area contributed by atoms with E-state index in [0.29, 0.717) is 9.80 Å². The number of piperazine rings is 1. The Morgan fingerprint density at radius 1 is 0.391 bits per heavy atom. The lowest BCUT2D eigenvalue weighted by Gasteiger charge is -2.49. The summed E-state index contributed by atoms with van der Waals surface area (Å²) in [6.07, 6.45) is -7.15. The number of carbonyl (C=O) groups excluding carboxylic acids is 6. The van der Waals surface area contributed by atoms with E-state index in [9.17, 15) is 28.8 Å². The van der Waals surface area contributed by atoms with Crippen molar-refractivity contribution in [3.63, 3.8) is 0 Å². The van der Waals surface area contributed by atoms with Crippen LogP contribution in [0.3, 0.4) is 0 Å². The van der Waals surface area contributed by atoms with Crippen LogP contribution in [0.4, 0.5) is 0 Å². The molecular weight excluding hydrogens is 596 g/mol. The molecule has 0 saturated carbocycles. The third-order valence-corrected chi connectivity index (χ3v) is 6.86. The molecule has 0 aliphatic carbocycles. The van der Waals surface area contributed by atoms with Gasteiger partial charge in [-0.3, -0.25) is 19.4 Å². The summed E-state index contributed by atoms with van der Waals surface area (Å²) in [6, 6.07) is 30.8. The SMILES string of the molecule is O=CN1[C@H](OC(=O)c2ccccc2)[C@H](OC(=O)c2ccccc2)N(C=O)[C@@H](OC(=O)c2ccccc2)[C@H]1OC(=O)c1ccccc1. The van der Waals surface area contributed by atoms with Gasteiger partial charge in [0.15, 0.2) is 0 Å². The number of benzene rings is 4. The molecule has 0 radical (unpaired) electrons. The highest BCUT2D eigenvalue weighted by molar-refractivity contribution is 5.92. The summed E-state index contributed by atoms with van der Waals surface area (Å²) in [5.74, 6) is -3.84. The van der Waals surface area contributed by atoms with Crippen LogP contribution >= 0.6 is 0 Å². The molecule has 1 saturated heterocycles. The molecule has 12 nitrogen and oxygen atoms in total. The van der Waals surface area contributed by atoms with E-state index in [1.165, 1.54) is 48.5 Å². The Balaban J connectivity index is 1.59. The van der Waals surface area contributed by atoms with Crippen LogP contribution < -0.4 is 0 Å². The summed E-state index contributed by atoms with van der Waals surface area (Å²) in [4.78, 5) is 80.0. The summed E-state index contributed by atoms with van der Waals surface area (Å²) in [6.45, 7) is 0. The van der Waals surface area contributed by atoms with Gasteiger partial charge in [-0.1, -0.05) is 72.8 Å². The number of amides is 2. The molecule has 1 fully saturated rings. The van der Waals surface area contributed by atoms with Gasteiger partial charge in [-0.2, -0.15) is 0 Å². The van der Waals surface area contributed by atoms with Crippen LogP contribution in [-0.2, 0) is 28.5 Å². The van der Waals surface area contributed by atoms with E-state index >= 15 is 0 Å². The van der Waals surface area contributed by atoms with Crippen LogP contribution in [0.25, 0.3) is 0 Å². The molecule has 12 heteroatoms. The molecule has 0 spiro atoms. The Kier molecular flexibility index (Phi) is 9.78. The Labute approximate surface area is 262 Å². The quantitative estimate of drug-likeness (QED) is 0.146. The number of carbonyl (C=O) groups is 6. The molecule has 0 unspecified atom stereocenters. The lowest BCUT2D eigenvalue weighted by Crippen LogP contribution is -2.71. The maximum absolute atomic E-state index is 13.3. The van der Waals surface area contributed by atoms with E-state index in [4.69, 9.17) is 18.9 Å². The molecule has 1 aliphatic heterocycles. The monoisotopic (exact) mass is 622 g/mol. The largest absolute Gasteiger partial charge is 0.431 e. The zero-order chi connectivity index (χ0) is 32.5. The molecule has 4 aromatic rings. The second kappa shape index (κ2) is 14.4. The lowest BCUT2D eigenvalue weighted by molar-refractivity contribution is -0.271. The normalized spacial score (nSPS) is 18.9. The van der Waals surface area contributed by atoms with Crippen LogP contribution in [0.1, 0.15) is 41.4 Å². The minimum atomic E-state index is -1.87. The Morgan fingerprint density at radius 3 is 0.761 bits per heavy atom. The third-order valence-electron chi connectivity index (χ3n) is 6.86. The van der Waals surface area contributed by atoms with Crippen molar-refractivity contribution < 1.29 is 47.7 Å². The van der Waals surface area contributed by atoms with E-state index in [2.05, 4.69) is 0 Å². The van der Waals surface area contributed by atoms with Gasteiger partial charge in [0, 0.05) is 0 Å². The number of ether oxygens (including phenoxy) is 4. The summed E-state index contributed by atoms with van der Waals surface area (Å²) in [5.41, 5.74) is 0.258. The van der Waals surface area contributed by atoms with Gasteiger partial charge in [0.2, 0.25) is 37.7 Å². The van der Waals surface area contributed by atoms with Crippen molar-refractivity contribution in [2.45, 2.75) is 24.9 Å². The number of esters is 4. The molecule has 4 aromatic carbocycles. The average molecular weight is 623 g/mol. The van der Waals surface area contributed by atoms with E-state index in [1.54, 1.807) is 72.8 Å². The number of hydrogen-bond acceptors (Lipinski definition) is 10. The Bertz CT molecular complexity index is 1440. The summed E-state index contributed by atoms with van der Waals surface area (Å²) >= 11 is 0. The van der Waals surface area contributed by atoms with Gasteiger partial charge in [0.1, 0.15) is 0 Å². The van der Waals surface area contributed by atoms with E-state index in [1.807, 2.05) is 0 Å². The topological polar surface area (TPSA) is 146 Å². The highest BCUT2D eigenvalue weighted by Crippen LogP contribution is 2.31. The Hall–Kier alpha value is -6.30. The van der Waals surface area contributed by atoms with Crippen molar-refractivity contribution in [3.8, 4) is 0 Å². The van der Waals surface area contributed by atoms with E-state index < -0.39 is 48.8 Å². The van der Waals surface area contributed by atoms with Crippen LogP contribution in [-0.4, -0.2) is 71.4 Å². The van der Waals surface area contributed by atoms with E-state index in [-0.39, 0.29) is 35.1 Å². The lowest BCUT2D eigenvalue weighted by atomic mass is 10.2. The first-order valence-corrected chi connectivity index (χ1v) is 13.9. The van der Waals surface area contributed by atoms with Gasteiger partial charge >= 0.3 is 23.9 Å². The van der Waals surface area contributed by atoms with Crippen molar-refractivity contribution in [2.24, 2.45) is 0 Å². The molecule has 46 heavy (non-hydrogen) atoms. The van der Waals surface area contributed by atoms with Gasteiger partial charge in [-0.15, -0.1) is 0 Å². The van der Waals surface area contributed by atoms with Crippen LogP contribution in [0, 0.1) is 0 Å². The minimum absolute atomic E-state index is 0.0644. The predicted molar refractivity (Wildman–Crippen MR) is 158 cm³/mol. The molecule has 0 aromatic heterocycles. The molecule has 0 N–H and O–H groups in total. The summed E-state index contributed by atoms with van der Waals surface area (Å²) in [7, 11) is 0. The van der Waals surface area contributed by atoms with Gasteiger partial charge < -0.3 is 18.9 Å². The third kappa shape index (κ3) is 6.91. The van der Waals surface area contributed by atoms with Crippen molar-refractivity contribution in [3.05, 3.63) is 144 Å². The minimum Gasteiger partial charge on any atom is -0.431 e. The zero-order valence-electron chi connectivity index (χ0n) is 24.0. The smallest absolute Gasteiger partial charge is 0.340 e. The molecular formula is C34H26N2O10. The fourth-order valence-corrected chi connectivity index (χ4v) is 4.60. The highest BCUT2D eigenvalue weighted by atomic mass is 16.6. The second-order valence-corrected chi connectivity index (χ2v) is 9.75. The molecule has 2 amide bonds. The van der Waals surface area contributed by atoms with Crippen molar-refractivity contribution in [1.82, 2.24) is 9.80 Å². The van der Waals surface area contributed by atoms with Crippen molar-refractivity contribution >= 4 is 36.7 Å². The van der Waals surface area contributed by atoms with Gasteiger partial charge in [-0.05, 0) is 48.5 Å². The van der Waals surface area contributed by atoms with E-state index in [0.717, 1.165) is 0 Å². The molecule has 232 valence electrons. The Morgan fingerprint density at radius 2 is 0.587 bits per heavy atom. The molecule has 1 heterocycles. The predicted octanol–water partition coefficient (Wildman–Crippen LogP) is 3.65. The van der Waals surface area contributed by atoms with Crippen molar-refractivity contribution in [1.29, 1.82) is 0 Å². The first-order valence-electron chi connectivity index (χ1n) is 13.9.